The summed E-state index contributed by atoms with van der Waals surface area (Å²) in [5, 5.41) is 4.06. The number of amides is 2. The van der Waals surface area contributed by atoms with Gasteiger partial charge in [-0.3, -0.25) is 9.28 Å². The Labute approximate surface area is 168 Å². The van der Waals surface area contributed by atoms with Crippen molar-refractivity contribution in [3.8, 4) is 0 Å². The molecule has 0 aromatic carbocycles. The molecule has 160 valence electrons. The molecule has 29 heavy (non-hydrogen) atoms. The summed E-state index contributed by atoms with van der Waals surface area (Å²) in [5.41, 5.74) is 6.10. The first kappa shape index (κ1) is 20.3. The second-order valence-corrected chi connectivity index (χ2v) is 8.90. The molecular formula is C19H28F2N5O3+. The summed E-state index contributed by atoms with van der Waals surface area (Å²) in [4.78, 5) is 30.7. The van der Waals surface area contributed by atoms with Crippen molar-refractivity contribution in [2.75, 3.05) is 26.7 Å². The van der Waals surface area contributed by atoms with Crippen LogP contribution in [0.2, 0.25) is 0 Å². The van der Waals surface area contributed by atoms with E-state index in [1.165, 1.54) is 0 Å². The van der Waals surface area contributed by atoms with Crippen LogP contribution < -0.4 is 5.73 Å². The largest absolute Gasteiger partial charge is 0.335 e. The van der Waals surface area contributed by atoms with Crippen molar-refractivity contribution < 1.29 is 27.4 Å². The van der Waals surface area contributed by atoms with E-state index in [4.69, 9.17) is 10.3 Å². The maximum absolute atomic E-state index is 13.6. The van der Waals surface area contributed by atoms with Crippen molar-refractivity contribution >= 4 is 11.8 Å². The second kappa shape index (κ2) is 7.39. The number of carbonyl (C=O) groups is 2. The third kappa shape index (κ3) is 4.18. The molecule has 1 unspecified atom stereocenters. The molecule has 3 fully saturated rings. The van der Waals surface area contributed by atoms with Crippen LogP contribution in [-0.4, -0.2) is 70.0 Å². The van der Waals surface area contributed by atoms with E-state index in [0.717, 1.165) is 30.6 Å². The van der Waals surface area contributed by atoms with E-state index < -0.39 is 24.9 Å². The summed E-state index contributed by atoms with van der Waals surface area (Å²) in [5.74, 6) is -1.75. The molecule has 10 heteroatoms. The highest BCUT2D eigenvalue weighted by atomic mass is 19.3. The third-order valence-electron chi connectivity index (χ3n) is 6.41. The quantitative estimate of drug-likeness (QED) is 0.714. The van der Waals surface area contributed by atoms with Crippen LogP contribution in [-0.2, 0) is 9.59 Å². The minimum Gasteiger partial charge on any atom is -0.335 e. The van der Waals surface area contributed by atoms with E-state index in [2.05, 4.69) is 10.1 Å². The number of alkyl halides is 2. The zero-order valence-corrected chi connectivity index (χ0v) is 16.6. The molecular weight excluding hydrogens is 384 g/mol. The monoisotopic (exact) mass is 412 g/mol. The van der Waals surface area contributed by atoms with E-state index in [1.807, 2.05) is 7.05 Å². The normalized spacial score (nSPS) is 30.6. The zero-order valence-electron chi connectivity index (χ0n) is 16.6. The van der Waals surface area contributed by atoms with Crippen molar-refractivity contribution in [3.05, 3.63) is 11.7 Å². The Morgan fingerprint density at radius 2 is 2.17 bits per heavy atom. The Morgan fingerprint density at radius 1 is 1.41 bits per heavy atom. The van der Waals surface area contributed by atoms with Crippen molar-refractivity contribution in [1.29, 1.82) is 0 Å². The molecule has 1 aromatic heterocycles. The second-order valence-electron chi connectivity index (χ2n) is 8.90. The SMILES string of the molecule is C[N+]1(C(=O)C[C@H](N)CN2CC(F)(F)CCC2=O)CCC[C@H]1c1nc(C2CC2)no1. The molecule has 3 heterocycles. The van der Waals surface area contributed by atoms with Gasteiger partial charge in [-0.15, -0.1) is 0 Å². The van der Waals surface area contributed by atoms with Gasteiger partial charge in [0.1, 0.15) is 0 Å². The number of hydrogen-bond donors (Lipinski definition) is 1. The Bertz CT molecular complexity index is 797. The standard InChI is InChI=1S/C19H28F2N5O3/c1-26(8-2-3-14(26)18-23-17(24-29-18)12-4-5-12)16(28)9-13(22)10-25-11-19(20,21)7-6-15(25)27/h12-14H,2-11,22H2,1H3/q+1/t13-,14-,26?/m0/s1. The fraction of sp³-hybridized carbons (Fsp3) is 0.789. The highest BCUT2D eigenvalue weighted by Crippen LogP contribution is 2.41. The first-order valence-electron chi connectivity index (χ1n) is 10.3. The Kier molecular flexibility index (Phi) is 5.18. The Hall–Kier alpha value is -1.94. The van der Waals surface area contributed by atoms with Crippen LogP contribution in [0.15, 0.2) is 4.52 Å². The summed E-state index contributed by atoms with van der Waals surface area (Å²) in [6, 6.07) is -0.906. The lowest BCUT2D eigenvalue weighted by molar-refractivity contribution is -0.854. The molecule has 4 rings (SSSR count). The predicted octanol–water partition coefficient (Wildman–Crippen LogP) is 1.73. The fourth-order valence-corrected chi connectivity index (χ4v) is 4.45. The summed E-state index contributed by atoms with van der Waals surface area (Å²) >= 11 is 0. The molecule has 1 aliphatic carbocycles. The van der Waals surface area contributed by atoms with E-state index >= 15 is 0 Å². The average Bonchev–Trinajstić information content (AvgIpc) is 3.24. The number of carbonyl (C=O) groups excluding carboxylic acids is 2. The number of nitrogens with zero attached hydrogens (tertiary/aromatic N) is 4. The number of quaternary nitrogens is 1. The molecule has 2 aliphatic heterocycles. The van der Waals surface area contributed by atoms with E-state index in [9.17, 15) is 18.4 Å². The van der Waals surface area contributed by atoms with Crippen LogP contribution in [0.1, 0.15) is 68.6 Å². The molecule has 0 bridgehead atoms. The van der Waals surface area contributed by atoms with Crippen LogP contribution in [0.5, 0.6) is 0 Å². The molecule has 8 nitrogen and oxygen atoms in total. The van der Waals surface area contributed by atoms with Gasteiger partial charge in [0.25, 0.3) is 11.8 Å². The number of rotatable bonds is 6. The summed E-state index contributed by atoms with van der Waals surface area (Å²) in [6.45, 7) is -0.0380. The molecule has 3 aliphatic rings. The number of nitrogens with two attached hydrogens (primary N) is 1. The van der Waals surface area contributed by atoms with E-state index in [-0.39, 0.29) is 41.7 Å². The number of halogens is 2. The molecule has 3 atom stereocenters. The maximum Gasteiger partial charge on any atom is 0.315 e. The molecule has 0 spiro atoms. The van der Waals surface area contributed by atoms with E-state index in [1.54, 1.807) is 0 Å². The minimum atomic E-state index is -2.90. The van der Waals surface area contributed by atoms with Gasteiger partial charge >= 0.3 is 5.91 Å². The van der Waals surface area contributed by atoms with Crippen LogP contribution in [0, 0.1) is 0 Å². The Morgan fingerprint density at radius 3 is 2.90 bits per heavy atom. The lowest BCUT2D eigenvalue weighted by Gasteiger charge is -2.35. The van der Waals surface area contributed by atoms with Crippen molar-refractivity contribution in [2.24, 2.45) is 5.73 Å². The van der Waals surface area contributed by atoms with Gasteiger partial charge in [0.05, 0.1) is 26.6 Å². The third-order valence-corrected chi connectivity index (χ3v) is 6.41. The van der Waals surface area contributed by atoms with Crippen LogP contribution in [0.4, 0.5) is 8.78 Å². The molecule has 2 amide bonds. The van der Waals surface area contributed by atoms with Crippen molar-refractivity contribution in [1.82, 2.24) is 15.0 Å². The maximum atomic E-state index is 13.6. The van der Waals surface area contributed by atoms with Gasteiger partial charge in [-0.1, -0.05) is 5.16 Å². The predicted molar refractivity (Wildman–Crippen MR) is 97.7 cm³/mol. The van der Waals surface area contributed by atoms with E-state index in [0.29, 0.717) is 24.2 Å². The van der Waals surface area contributed by atoms with Crippen molar-refractivity contribution in [2.45, 2.75) is 68.9 Å². The summed E-state index contributed by atoms with van der Waals surface area (Å²) < 4.78 is 32.8. The van der Waals surface area contributed by atoms with Gasteiger partial charge in [0, 0.05) is 44.2 Å². The minimum absolute atomic E-state index is 0.00592. The number of hydrogen-bond acceptors (Lipinski definition) is 6. The summed E-state index contributed by atoms with van der Waals surface area (Å²) in [7, 11) is 1.84. The topological polar surface area (TPSA) is 102 Å². The van der Waals surface area contributed by atoms with Gasteiger partial charge in [-0.25, -0.2) is 13.6 Å². The molecule has 2 saturated heterocycles. The first-order chi connectivity index (χ1) is 13.7. The van der Waals surface area contributed by atoms with Crippen molar-refractivity contribution in [3.63, 3.8) is 0 Å². The molecule has 1 aromatic rings. The fourth-order valence-electron chi connectivity index (χ4n) is 4.45. The molecule has 0 radical (unpaired) electrons. The lowest BCUT2D eigenvalue weighted by Crippen LogP contribution is -2.54. The van der Waals surface area contributed by atoms with Gasteiger partial charge in [-0.05, 0) is 12.8 Å². The zero-order chi connectivity index (χ0) is 20.8. The van der Waals surface area contributed by atoms with Gasteiger partial charge < -0.3 is 15.2 Å². The van der Waals surface area contributed by atoms with Crippen LogP contribution in [0.3, 0.4) is 0 Å². The summed E-state index contributed by atoms with van der Waals surface area (Å²) in [6.07, 6.45) is 3.13. The number of piperidine rings is 1. The smallest absolute Gasteiger partial charge is 0.315 e. The Balaban J connectivity index is 1.40. The van der Waals surface area contributed by atoms with Gasteiger partial charge in [0.2, 0.25) is 5.91 Å². The lowest BCUT2D eigenvalue weighted by atomic mass is 10.0. The average molecular weight is 412 g/mol. The highest BCUT2D eigenvalue weighted by Gasteiger charge is 2.49. The van der Waals surface area contributed by atoms with Crippen LogP contribution in [0.25, 0.3) is 0 Å². The van der Waals surface area contributed by atoms with Crippen LogP contribution >= 0.6 is 0 Å². The molecule has 1 saturated carbocycles. The van der Waals surface area contributed by atoms with Gasteiger partial charge in [0.15, 0.2) is 11.9 Å². The molecule has 2 N–H and O–H groups in total. The number of likely N-dealkylation sites (tertiary alicyclic amines) is 2. The highest BCUT2D eigenvalue weighted by molar-refractivity contribution is 5.77. The van der Waals surface area contributed by atoms with Gasteiger partial charge in [-0.2, -0.15) is 4.98 Å². The first-order valence-corrected chi connectivity index (χ1v) is 10.3. The number of aromatic nitrogens is 2.